The first-order chi connectivity index (χ1) is 20.9. The summed E-state index contributed by atoms with van der Waals surface area (Å²) in [5, 5.41) is 17.1. The van der Waals surface area contributed by atoms with Crippen LogP contribution in [0.3, 0.4) is 0 Å². The number of hydrogen-bond donors (Lipinski definition) is 3. The lowest BCUT2D eigenvalue weighted by Gasteiger charge is -2.16. The van der Waals surface area contributed by atoms with E-state index < -0.39 is 5.82 Å². The quantitative estimate of drug-likeness (QED) is 0.249. The number of nitrogen functional groups attached to an aromatic ring is 1. The monoisotopic (exact) mass is 574 g/mol. The number of halogens is 1. The van der Waals surface area contributed by atoms with Crippen LogP contribution in [-0.2, 0) is 6.42 Å². The van der Waals surface area contributed by atoms with E-state index in [1.54, 1.807) is 29.2 Å². The smallest absolute Gasteiger partial charge is 0.251 e. The number of aromatic nitrogens is 6. The van der Waals surface area contributed by atoms with Gasteiger partial charge < -0.3 is 16.2 Å². The Kier molecular flexibility index (Phi) is 6.16. The number of carbonyl (C=O) groups is 2. The van der Waals surface area contributed by atoms with E-state index in [-0.39, 0.29) is 34.6 Å². The number of phenols is 1. The number of benzene rings is 2. The van der Waals surface area contributed by atoms with Crippen LogP contribution in [0.4, 0.5) is 10.2 Å². The molecule has 7 rings (SSSR count). The zero-order valence-corrected chi connectivity index (χ0v) is 22.5. The maximum absolute atomic E-state index is 14.3. The summed E-state index contributed by atoms with van der Waals surface area (Å²) in [6, 6.07) is 16.5. The second-order valence-electron chi connectivity index (χ2n) is 10.2. The van der Waals surface area contributed by atoms with Crippen molar-refractivity contribution in [1.82, 2.24) is 34.6 Å². The van der Waals surface area contributed by atoms with E-state index in [4.69, 9.17) is 15.7 Å². The molecule has 0 unspecified atom stereocenters. The molecule has 2 aromatic carbocycles. The molecule has 0 radical (unpaired) electrons. The maximum Gasteiger partial charge on any atom is 0.251 e. The number of nitrogens with two attached hydrogens (primary N) is 1. The van der Waals surface area contributed by atoms with E-state index in [0.717, 1.165) is 23.0 Å². The van der Waals surface area contributed by atoms with Crippen LogP contribution in [0.25, 0.3) is 34.1 Å². The Morgan fingerprint density at radius 2 is 2.00 bits per heavy atom. The van der Waals surface area contributed by atoms with Crippen molar-refractivity contribution in [2.24, 2.45) is 0 Å². The summed E-state index contributed by atoms with van der Waals surface area (Å²) in [6.07, 6.45) is 6.37. The number of phenolic OH excluding ortho intramolecular Hbond substituents is 1. The molecule has 0 saturated heterocycles. The van der Waals surface area contributed by atoms with Crippen LogP contribution >= 0.6 is 0 Å². The zero-order valence-electron chi connectivity index (χ0n) is 22.5. The number of aromatic hydroxyl groups is 1. The number of aldehydes is 1. The van der Waals surface area contributed by atoms with Gasteiger partial charge in [-0.3, -0.25) is 14.2 Å². The Balaban J connectivity index is 1.30. The highest BCUT2D eigenvalue weighted by molar-refractivity contribution is 5.96. The van der Waals surface area contributed by atoms with E-state index in [2.05, 4.69) is 15.4 Å². The molecule has 4 heterocycles. The minimum absolute atomic E-state index is 0.0472. The van der Waals surface area contributed by atoms with Gasteiger partial charge in [-0.1, -0.05) is 6.07 Å². The molecule has 4 aromatic heterocycles. The normalized spacial score (nSPS) is 14.1. The van der Waals surface area contributed by atoms with Crippen LogP contribution in [0.1, 0.15) is 44.3 Å². The molecule has 1 atom stereocenters. The Morgan fingerprint density at radius 1 is 1.12 bits per heavy atom. The molecule has 4 N–H and O–H groups in total. The molecule has 11 nitrogen and oxygen atoms in total. The van der Waals surface area contributed by atoms with Gasteiger partial charge in [-0.2, -0.15) is 5.10 Å². The number of pyridine rings is 2. The lowest BCUT2D eigenvalue weighted by atomic mass is 10.1. The molecule has 12 heteroatoms. The Hall–Kier alpha value is -5.91. The maximum atomic E-state index is 14.3. The largest absolute Gasteiger partial charge is 0.507 e. The molecule has 0 saturated carbocycles. The molecule has 212 valence electrons. The van der Waals surface area contributed by atoms with Gasteiger partial charge >= 0.3 is 0 Å². The van der Waals surface area contributed by atoms with Crippen LogP contribution in [0.5, 0.6) is 5.75 Å². The summed E-state index contributed by atoms with van der Waals surface area (Å²) < 4.78 is 17.8. The van der Waals surface area contributed by atoms with Crippen LogP contribution in [0.15, 0.2) is 79.3 Å². The fraction of sp³-hybridized carbons (Fsp3) is 0.0968. The summed E-state index contributed by atoms with van der Waals surface area (Å²) in [5.41, 5.74) is 10.6. The van der Waals surface area contributed by atoms with Crippen LogP contribution in [-0.4, -0.2) is 46.6 Å². The highest BCUT2D eigenvalue weighted by Gasteiger charge is 2.27. The van der Waals surface area contributed by atoms with Gasteiger partial charge in [0.25, 0.3) is 5.91 Å². The fourth-order valence-corrected chi connectivity index (χ4v) is 5.46. The van der Waals surface area contributed by atoms with Crippen molar-refractivity contribution >= 4 is 29.2 Å². The number of imidazole rings is 1. The minimum atomic E-state index is -0.547. The number of nitrogens with zero attached hydrogens (tertiary/aromatic N) is 6. The second kappa shape index (κ2) is 10.2. The molecule has 1 amide bonds. The number of aryl methyl sites for hydroxylation is 1. The number of carbonyl (C=O) groups excluding carboxylic acids is 2. The van der Waals surface area contributed by atoms with Gasteiger partial charge in [0.15, 0.2) is 23.6 Å². The molecule has 43 heavy (non-hydrogen) atoms. The predicted octanol–water partition coefficient (Wildman–Crippen LogP) is 4.32. The van der Waals surface area contributed by atoms with Crippen molar-refractivity contribution in [2.75, 3.05) is 5.73 Å². The standard InChI is InChI=1S/C31H23FN8O3/c32-20-14-23(28(33)34-15-20)29-36-25-7-9-27(39-11-1-10-35-39)38-30(25)40(29)21-4-5-22-17(13-21)2-6-24(22)37-31(43)18-3-8-26(42)19(12-18)16-41/h1,3-5,7-16,24,42H,2,6H2,(H2,33,34)(H,37,43)/t24-/m0/s1. The van der Waals surface area contributed by atoms with E-state index in [1.807, 2.05) is 28.8 Å². The van der Waals surface area contributed by atoms with Crippen molar-refractivity contribution in [2.45, 2.75) is 18.9 Å². The summed E-state index contributed by atoms with van der Waals surface area (Å²) in [6.45, 7) is 0. The van der Waals surface area contributed by atoms with Crippen molar-refractivity contribution in [3.05, 3.63) is 107 Å². The average Bonchev–Trinajstić information content (AvgIpc) is 3.77. The molecule has 6 aromatic rings. The zero-order chi connectivity index (χ0) is 29.7. The van der Waals surface area contributed by atoms with Gasteiger partial charge in [0.1, 0.15) is 22.9 Å². The molecule has 0 fully saturated rings. The highest BCUT2D eigenvalue weighted by atomic mass is 19.1. The van der Waals surface area contributed by atoms with Crippen molar-refractivity contribution < 1.29 is 19.1 Å². The van der Waals surface area contributed by atoms with Crippen molar-refractivity contribution in [3.63, 3.8) is 0 Å². The van der Waals surface area contributed by atoms with E-state index in [1.165, 1.54) is 24.3 Å². The van der Waals surface area contributed by atoms with Gasteiger partial charge in [0.05, 0.1) is 23.4 Å². The molecule has 1 aliphatic rings. The summed E-state index contributed by atoms with van der Waals surface area (Å²) >= 11 is 0. The average molecular weight is 575 g/mol. The molecule has 1 aliphatic carbocycles. The van der Waals surface area contributed by atoms with Gasteiger partial charge in [-0.05, 0) is 78.6 Å². The Morgan fingerprint density at radius 3 is 2.81 bits per heavy atom. The lowest BCUT2D eigenvalue weighted by Crippen LogP contribution is -2.27. The summed E-state index contributed by atoms with van der Waals surface area (Å²) in [4.78, 5) is 37.8. The van der Waals surface area contributed by atoms with Crippen molar-refractivity contribution in [3.8, 4) is 28.6 Å². The number of rotatable bonds is 6. The Bertz CT molecular complexity index is 2050. The first-order valence-corrected chi connectivity index (χ1v) is 13.4. The lowest BCUT2D eigenvalue weighted by molar-refractivity contribution is 0.0936. The number of anilines is 1. The van der Waals surface area contributed by atoms with Crippen molar-refractivity contribution in [1.29, 1.82) is 0 Å². The minimum Gasteiger partial charge on any atom is -0.507 e. The third-order valence-electron chi connectivity index (χ3n) is 7.54. The van der Waals surface area contributed by atoms with Crippen LogP contribution in [0.2, 0.25) is 0 Å². The molecule has 0 aliphatic heterocycles. The number of amides is 1. The van der Waals surface area contributed by atoms with E-state index in [9.17, 15) is 19.1 Å². The van der Waals surface area contributed by atoms with Crippen LogP contribution < -0.4 is 11.1 Å². The first kappa shape index (κ1) is 26.0. The third-order valence-corrected chi connectivity index (χ3v) is 7.54. The SMILES string of the molecule is Nc1ncc(F)cc1-c1nc2ccc(-n3cccn3)nc2n1-c1ccc2c(c1)CC[C@@H]2NC(=O)c1ccc(O)c(C=O)c1. The predicted molar refractivity (Wildman–Crippen MR) is 156 cm³/mol. The van der Waals surface area contributed by atoms with Gasteiger partial charge in [-0.15, -0.1) is 0 Å². The fourth-order valence-electron chi connectivity index (χ4n) is 5.46. The van der Waals surface area contributed by atoms with Crippen LogP contribution in [0, 0.1) is 5.82 Å². The van der Waals surface area contributed by atoms with E-state index >= 15 is 0 Å². The first-order valence-electron chi connectivity index (χ1n) is 13.4. The topological polar surface area (TPSA) is 154 Å². The molecule has 0 spiro atoms. The van der Waals surface area contributed by atoms with Gasteiger partial charge in [0.2, 0.25) is 0 Å². The molecular weight excluding hydrogens is 551 g/mol. The van der Waals surface area contributed by atoms with Gasteiger partial charge in [-0.25, -0.2) is 24.0 Å². The summed E-state index contributed by atoms with van der Waals surface area (Å²) in [7, 11) is 0. The highest BCUT2D eigenvalue weighted by Crippen LogP contribution is 2.36. The van der Waals surface area contributed by atoms with Gasteiger partial charge in [0, 0.05) is 23.6 Å². The second-order valence-corrected chi connectivity index (χ2v) is 10.2. The molecular formula is C31H23FN8O3. The van der Waals surface area contributed by atoms with E-state index in [0.29, 0.717) is 47.5 Å². The third kappa shape index (κ3) is 4.54. The number of hydrogen-bond acceptors (Lipinski definition) is 8. The Labute approximate surface area is 243 Å². The number of nitrogens with one attached hydrogen (secondary N) is 1. The summed E-state index contributed by atoms with van der Waals surface area (Å²) in [5.74, 6) is 0.00352. The number of fused-ring (bicyclic) bond motifs is 2. The molecule has 0 bridgehead atoms.